The maximum Gasteiger partial charge on any atom is 0.418 e. The molecule has 0 aliphatic rings. The van der Waals surface area contributed by atoms with Gasteiger partial charge in [0.1, 0.15) is 0 Å². The first-order chi connectivity index (χ1) is 10.1. The van der Waals surface area contributed by atoms with E-state index >= 15 is 0 Å². The minimum atomic E-state index is -4.64. The Bertz CT molecular complexity index is 564. The Hall–Kier alpha value is -1.80. The van der Waals surface area contributed by atoms with Crippen molar-refractivity contribution in [1.29, 1.82) is 0 Å². The fourth-order valence-electron chi connectivity index (χ4n) is 1.68. The first kappa shape index (κ1) is 18.2. The molecule has 2 N–H and O–H groups in total. The summed E-state index contributed by atoms with van der Waals surface area (Å²) < 4.78 is 38.7. The molecule has 0 saturated heterocycles. The van der Waals surface area contributed by atoms with Gasteiger partial charge in [-0.3, -0.25) is 14.5 Å². The van der Waals surface area contributed by atoms with Crippen LogP contribution in [0.3, 0.4) is 0 Å². The van der Waals surface area contributed by atoms with E-state index in [1.54, 1.807) is 0 Å². The standard InChI is InChI=1S/C13H15ClF3N3O2/c1-18-11(21)6-20(2)7-12(22)19-10-4-3-8(14)5-9(10)13(15,16)17/h3-5H,6-7H2,1-2H3,(H,18,21)(H,19,22). The summed E-state index contributed by atoms with van der Waals surface area (Å²) in [6.07, 6.45) is -4.64. The lowest BCUT2D eigenvalue weighted by molar-refractivity contribution is -0.137. The summed E-state index contributed by atoms with van der Waals surface area (Å²) in [6, 6.07) is 3.08. The number of rotatable bonds is 5. The quantitative estimate of drug-likeness (QED) is 0.863. The molecule has 0 fully saturated rings. The fourth-order valence-corrected chi connectivity index (χ4v) is 1.85. The molecule has 1 aromatic carbocycles. The van der Waals surface area contributed by atoms with E-state index in [2.05, 4.69) is 10.6 Å². The summed E-state index contributed by atoms with van der Waals surface area (Å²) in [4.78, 5) is 24.3. The summed E-state index contributed by atoms with van der Waals surface area (Å²) in [5.74, 6) is -0.975. The van der Waals surface area contributed by atoms with Gasteiger partial charge in [0.05, 0.1) is 24.3 Å². The predicted octanol–water partition coefficient (Wildman–Crippen LogP) is 1.98. The third-order valence-electron chi connectivity index (χ3n) is 2.67. The predicted molar refractivity (Wildman–Crippen MR) is 76.6 cm³/mol. The fraction of sp³-hybridized carbons (Fsp3) is 0.385. The van der Waals surface area contributed by atoms with Crippen molar-refractivity contribution in [2.75, 3.05) is 32.5 Å². The smallest absolute Gasteiger partial charge is 0.358 e. The zero-order valence-corrected chi connectivity index (χ0v) is 12.7. The van der Waals surface area contributed by atoms with Gasteiger partial charge in [0.25, 0.3) is 0 Å². The van der Waals surface area contributed by atoms with Crippen LogP contribution in [0.4, 0.5) is 18.9 Å². The highest BCUT2D eigenvalue weighted by Gasteiger charge is 2.34. The zero-order valence-electron chi connectivity index (χ0n) is 11.9. The number of carbonyl (C=O) groups is 2. The maximum atomic E-state index is 12.9. The van der Waals surface area contributed by atoms with E-state index < -0.39 is 17.6 Å². The van der Waals surface area contributed by atoms with Gasteiger partial charge < -0.3 is 10.6 Å². The molecule has 5 nitrogen and oxygen atoms in total. The van der Waals surface area contributed by atoms with E-state index in [9.17, 15) is 22.8 Å². The zero-order chi connectivity index (χ0) is 16.9. The van der Waals surface area contributed by atoms with Crippen LogP contribution in [0.2, 0.25) is 5.02 Å². The Balaban J connectivity index is 2.78. The molecule has 0 radical (unpaired) electrons. The number of halogens is 4. The van der Waals surface area contributed by atoms with Crippen LogP contribution in [0, 0.1) is 0 Å². The van der Waals surface area contributed by atoms with Crippen molar-refractivity contribution in [2.24, 2.45) is 0 Å². The molecule has 122 valence electrons. The van der Waals surface area contributed by atoms with Crippen LogP contribution in [0.25, 0.3) is 0 Å². The number of benzene rings is 1. The molecule has 0 atom stereocenters. The van der Waals surface area contributed by atoms with E-state index in [1.807, 2.05) is 0 Å². The Morgan fingerprint density at radius 1 is 1.23 bits per heavy atom. The molecule has 2 amide bonds. The number of hydrogen-bond acceptors (Lipinski definition) is 3. The maximum absolute atomic E-state index is 12.9. The highest BCUT2D eigenvalue weighted by atomic mass is 35.5. The number of anilines is 1. The van der Waals surface area contributed by atoms with Crippen molar-refractivity contribution < 1.29 is 22.8 Å². The highest BCUT2D eigenvalue weighted by Crippen LogP contribution is 2.36. The van der Waals surface area contributed by atoms with Gasteiger partial charge in [-0.15, -0.1) is 0 Å². The first-order valence-corrected chi connectivity index (χ1v) is 6.57. The second-order valence-electron chi connectivity index (χ2n) is 4.58. The number of likely N-dealkylation sites (N-methyl/N-ethyl adjacent to an activating group) is 2. The van der Waals surface area contributed by atoms with Gasteiger partial charge in [-0.25, -0.2) is 0 Å². The van der Waals surface area contributed by atoms with Crippen LogP contribution < -0.4 is 10.6 Å². The van der Waals surface area contributed by atoms with E-state index in [-0.39, 0.29) is 29.7 Å². The Morgan fingerprint density at radius 2 is 1.82 bits per heavy atom. The van der Waals surface area contributed by atoms with Crippen molar-refractivity contribution in [3.63, 3.8) is 0 Å². The minimum absolute atomic E-state index is 0.0450. The molecule has 9 heteroatoms. The van der Waals surface area contributed by atoms with Crippen molar-refractivity contribution >= 4 is 29.1 Å². The Kier molecular flexibility index (Phi) is 6.19. The van der Waals surface area contributed by atoms with Crippen LogP contribution in [0.5, 0.6) is 0 Å². The van der Waals surface area contributed by atoms with Gasteiger partial charge >= 0.3 is 6.18 Å². The number of nitrogens with zero attached hydrogens (tertiary/aromatic N) is 1. The Labute approximate surface area is 130 Å². The number of carbonyl (C=O) groups excluding carboxylic acids is 2. The number of alkyl halides is 3. The van der Waals surface area contributed by atoms with Crippen LogP contribution in [0.1, 0.15) is 5.56 Å². The molecule has 0 aliphatic heterocycles. The summed E-state index contributed by atoms with van der Waals surface area (Å²) >= 11 is 5.55. The van der Waals surface area contributed by atoms with E-state index in [0.717, 1.165) is 12.1 Å². The lowest BCUT2D eigenvalue weighted by Gasteiger charge is -2.17. The lowest BCUT2D eigenvalue weighted by Crippen LogP contribution is -2.37. The average molecular weight is 338 g/mol. The van der Waals surface area contributed by atoms with Crippen LogP contribution in [-0.2, 0) is 15.8 Å². The monoisotopic (exact) mass is 337 g/mol. The van der Waals surface area contributed by atoms with Gasteiger partial charge in [-0.05, 0) is 25.2 Å². The molecule has 1 rings (SSSR count). The third-order valence-corrected chi connectivity index (χ3v) is 2.90. The van der Waals surface area contributed by atoms with Gasteiger partial charge in [0, 0.05) is 12.1 Å². The number of amides is 2. The largest absolute Gasteiger partial charge is 0.418 e. The summed E-state index contributed by atoms with van der Waals surface area (Å²) in [5, 5.41) is 4.47. The van der Waals surface area contributed by atoms with E-state index in [4.69, 9.17) is 11.6 Å². The topological polar surface area (TPSA) is 61.4 Å². The van der Waals surface area contributed by atoms with Crippen molar-refractivity contribution in [3.05, 3.63) is 28.8 Å². The van der Waals surface area contributed by atoms with Crippen molar-refractivity contribution in [1.82, 2.24) is 10.2 Å². The average Bonchev–Trinajstić information content (AvgIpc) is 2.39. The van der Waals surface area contributed by atoms with Gasteiger partial charge in [0.15, 0.2) is 0 Å². The van der Waals surface area contributed by atoms with Gasteiger partial charge in [0.2, 0.25) is 11.8 Å². The van der Waals surface area contributed by atoms with Crippen molar-refractivity contribution in [3.8, 4) is 0 Å². The summed E-state index contributed by atoms with van der Waals surface area (Å²) in [5.41, 5.74) is -1.41. The van der Waals surface area contributed by atoms with Crippen molar-refractivity contribution in [2.45, 2.75) is 6.18 Å². The number of hydrogen-bond donors (Lipinski definition) is 2. The van der Waals surface area contributed by atoms with Gasteiger partial charge in [-0.2, -0.15) is 13.2 Å². The van der Waals surface area contributed by atoms with Crippen LogP contribution >= 0.6 is 11.6 Å². The molecule has 0 spiro atoms. The van der Waals surface area contributed by atoms with Crippen LogP contribution in [0.15, 0.2) is 18.2 Å². The molecular weight excluding hydrogens is 323 g/mol. The van der Waals surface area contributed by atoms with E-state index in [0.29, 0.717) is 0 Å². The van der Waals surface area contributed by atoms with Gasteiger partial charge in [-0.1, -0.05) is 11.6 Å². The third kappa shape index (κ3) is 5.53. The molecule has 22 heavy (non-hydrogen) atoms. The molecule has 0 unspecified atom stereocenters. The summed E-state index contributed by atoms with van der Waals surface area (Å²) in [7, 11) is 2.95. The second kappa shape index (κ2) is 7.46. The molecule has 0 bridgehead atoms. The van der Waals surface area contributed by atoms with E-state index in [1.165, 1.54) is 25.1 Å². The molecule has 0 aromatic heterocycles. The normalized spacial score (nSPS) is 11.4. The number of nitrogens with one attached hydrogen (secondary N) is 2. The molecule has 1 aromatic rings. The van der Waals surface area contributed by atoms with Crippen LogP contribution in [-0.4, -0.2) is 43.9 Å². The molecule has 0 saturated carbocycles. The molecule has 0 aliphatic carbocycles. The molecule has 0 heterocycles. The second-order valence-corrected chi connectivity index (χ2v) is 5.02. The summed E-state index contributed by atoms with van der Waals surface area (Å²) in [6.45, 7) is -0.274. The Morgan fingerprint density at radius 3 is 2.36 bits per heavy atom. The first-order valence-electron chi connectivity index (χ1n) is 6.19. The SMILES string of the molecule is CNC(=O)CN(C)CC(=O)Nc1ccc(Cl)cc1C(F)(F)F. The highest BCUT2D eigenvalue weighted by molar-refractivity contribution is 6.30. The molecular formula is C13H15ClF3N3O2. The minimum Gasteiger partial charge on any atom is -0.358 e. The lowest BCUT2D eigenvalue weighted by atomic mass is 10.1.